The van der Waals surface area contributed by atoms with Crippen molar-refractivity contribution in [2.75, 3.05) is 6.61 Å². The van der Waals surface area contributed by atoms with E-state index in [1.807, 2.05) is 0 Å². The van der Waals surface area contributed by atoms with Crippen molar-refractivity contribution >= 4 is 0 Å². The van der Waals surface area contributed by atoms with Crippen LogP contribution in [0.25, 0.3) is 0 Å². The van der Waals surface area contributed by atoms with E-state index in [0.717, 1.165) is 0 Å². The summed E-state index contributed by atoms with van der Waals surface area (Å²) in [6, 6.07) is 9.43. The molecule has 0 aliphatic rings. The number of halogens is 1. The average Bonchev–Trinajstić information content (AvgIpc) is 2.26. The van der Waals surface area contributed by atoms with Gasteiger partial charge in [0.25, 0.3) is 0 Å². The molecule has 0 aliphatic carbocycles. The first-order chi connectivity index (χ1) is 6.74. The van der Waals surface area contributed by atoms with Gasteiger partial charge in [-0.05, 0) is 0 Å². The Kier molecular flexibility index (Phi) is 4.05. The largest absolute Gasteiger partial charge is 0.342 e. The average molecular weight is 194 g/mol. The van der Waals surface area contributed by atoms with Crippen molar-refractivity contribution in [2.24, 2.45) is 5.73 Å². The van der Waals surface area contributed by atoms with Crippen LogP contribution >= 0.6 is 0 Å². The number of hydrogen-bond donors (Lipinski definition) is 1. The maximum absolute atomic E-state index is 13.2. The van der Waals surface area contributed by atoms with Gasteiger partial charge < -0.3 is 10.5 Å². The third-order valence-electron chi connectivity index (χ3n) is 1.65. The third-order valence-corrected chi connectivity index (χ3v) is 1.65. The SMILES string of the molecule is N#CC(N)COC(F)c1ccccc1. The molecule has 4 heteroatoms. The van der Waals surface area contributed by atoms with Crippen molar-refractivity contribution in [1.82, 2.24) is 0 Å². The molecule has 0 amide bonds. The molecule has 74 valence electrons. The molecule has 0 saturated carbocycles. The van der Waals surface area contributed by atoms with Crippen LogP contribution in [-0.2, 0) is 4.74 Å². The highest BCUT2D eigenvalue weighted by molar-refractivity contribution is 5.15. The summed E-state index contributed by atoms with van der Waals surface area (Å²) in [5.41, 5.74) is 5.67. The summed E-state index contributed by atoms with van der Waals surface area (Å²) in [6.45, 7) is -0.105. The van der Waals surface area contributed by atoms with E-state index in [2.05, 4.69) is 0 Å². The van der Waals surface area contributed by atoms with Gasteiger partial charge in [0.05, 0.1) is 12.7 Å². The van der Waals surface area contributed by atoms with E-state index in [1.54, 1.807) is 36.4 Å². The van der Waals surface area contributed by atoms with Crippen molar-refractivity contribution in [1.29, 1.82) is 5.26 Å². The predicted octanol–water partition coefficient (Wildman–Crippen LogP) is 1.52. The Bertz CT molecular complexity index is 310. The van der Waals surface area contributed by atoms with E-state index in [0.29, 0.717) is 5.56 Å². The Morgan fingerprint density at radius 3 is 2.64 bits per heavy atom. The van der Waals surface area contributed by atoms with Crippen molar-refractivity contribution in [2.45, 2.75) is 12.4 Å². The lowest BCUT2D eigenvalue weighted by Crippen LogP contribution is -2.24. The highest BCUT2D eigenvalue weighted by atomic mass is 19.1. The molecule has 1 rings (SSSR count). The maximum atomic E-state index is 13.2. The number of rotatable bonds is 4. The first-order valence-electron chi connectivity index (χ1n) is 4.20. The molecular formula is C10H11FN2O. The molecule has 0 heterocycles. The number of benzene rings is 1. The van der Waals surface area contributed by atoms with Crippen molar-refractivity contribution in [3.05, 3.63) is 35.9 Å². The van der Waals surface area contributed by atoms with Gasteiger partial charge in [-0.15, -0.1) is 0 Å². The normalized spacial score (nSPS) is 14.4. The molecule has 14 heavy (non-hydrogen) atoms. The van der Waals surface area contributed by atoms with Gasteiger partial charge in [-0.1, -0.05) is 30.3 Å². The molecule has 0 spiro atoms. The monoisotopic (exact) mass is 194 g/mol. The minimum absolute atomic E-state index is 0.105. The quantitative estimate of drug-likeness (QED) is 0.790. The summed E-state index contributed by atoms with van der Waals surface area (Å²) < 4.78 is 18.0. The van der Waals surface area contributed by atoms with E-state index < -0.39 is 12.4 Å². The van der Waals surface area contributed by atoms with Gasteiger partial charge in [-0.3, -0.25) is 0 Å². The summed E-state index contributed by atoms with van der Waals surface area (Å²) in [6.07, 6.45) is -1.52. The number of ether oxygens (including phenoxy) is 1. The fourth-order valence-electron chi connectivity index (χ4n) is 0.926. The second-order valence-electron chi connectivity index (χ2n) is 2.80. The van der Waals surface area contributed by atoms with Gasteiger partial charge in [-0.25, -0.2) is 4.39 Å². The number of nitriles is 1. The van der Waals surface area contributed by atoms with E-state index in [9.17, 15) is 4.39 Å². The van der Waals surface area contributed by atoms with Crippen LogP contribution in [0, 0.1) is 11.3 Å². The van der Waals surface area contributed by atoms with Crippen molar-refractivity contribution in [3.8, 4) is 6.07 Å². The minimum atomic E-state index is -1.52. The Morgan fingerprint density at radius 2 is 2.07 bits per heavy atom. The highest BCUT2D eigenvalue weighted by Crippen LogP contribution is 2.17. The van der Waals surface area contributed by atoms with Gasteiger partial charge >= 0.3 is 0 Å². The van der Waals surface area contributed by atoms with E-state index in [-0.39, 0.29) is 6.61 Å². The smallest absolute Gasteiger partial charge is 0.225 e. The zero-order chi connectivity index (χ0) is 10.4. The summed E-state index contributed by atoms with van der Waals surface area (Å²) in [5.74, 6) is 0. The summed E-state index contributed by atoms with van der Waals surface area (Å²) in [5, 5.41) is 8.34. The minimum Gasteiger partial charge on any atom is -0.342 e. The van der Waals surface area contributed by atoms with Crippen molar-refractivity contribution < 1.29 is 9.13 Å². The van der Waals surface area contributed by atoms with E-state index in [4.69, 9.17) is 15.7 Å². The first kappa shape index (κ1) is 10.6. The molecule has 0 aromatic heterocycles. The Morgan fingerprint density at radius 1 is 1.43 bits per heavy atom. The molecule has 0 fully saturated rings. The molecular weight excluding hydrogens is 183 g/mol. The number of alkyl halides is 1. The highest BCUT2D eigenvalue weighted by Gasteiger charge is 2.10. The lowest BCUT2D eigenvalue weighted by atomic mass is 10.2. The molecule has 0 aliphatic heterocycles. The van der Waals surface area contributed by atoms with Crippen LogP contribution in [0.2, 0.25) is 0 Å². The second kappa shape index (κ2) is 5.32. The molecule has 0 saturated heterocycles. The molecule has 0 bridgehead atoms. The van der Waals surface area contributed by atoms with E-state index >= 15 is 0 Å². The van der Waals surface area contributed by atoms with Crippen LogP contribution in [0.15, 0.2) is 30.3 Å². The van der Waals surface area contributed by atoms with Gasteiger partial charge in [0, 0.05) is 5.56 Å². The molecule has 3 nitrogen and oxygen atoms in total. The zero-order valence-corrected chi connectivity index (χ0v) is 7.56. The lowest BCUT2D eigenvalue weighted by molar-refractivity contribution is -0.0421. The fraction of sp³-hybridized carbons (Fsp3) is 0.300. The van der Waals surface area contributed by atoms with Crippen LogP contribution in [0.4, 0.5) is 4.39 Å². The van der Waals surface area contributed by atoms with Gasteiger partial charge in [0.2, 0.25) is 6.36 Å². The van der Waals surface area contributed by atoms with Crippen molar-refractivity contribution in [3.63, 3.8) is 0 Å². The predicted molar refractivity (Wildman–Crippen MR) is 49.8 cm³/mol. The lowest BCUT2D eigenvalue weighted by Gasteiger charge is -2.10. The maximum Gasteiger partial charge on any atom is 0.225 e. The zero-order valence-electron chi connectivity index (χ0n) is 7.56. The number of nitrogens with two attached hydrogens (primary N) is 1. The second-order valence-corrected chi connectivity index (χ2v) is 2.80. The molecule has 2 unspecified atom stereocenters. The Labute approximate surface area is 81.9 Å². The molecule has 1 aromatic rings. The Balaban J connectivity index is 2.44. The number of hydrogen-bond acceptors (Lipinski definition) is 3. The number of nitrogens with zero attached hydrogens (tertiary/aromatic N) is 1. The molecule has 2 N–H and O–H groups in total. The third kappa shape index (κ3) is 3.13. The summed E-state index contributed by atoms with van der Waals surface area (Å²) >= 11 is 0. The van der Waals surface area contributed by atoms with Crippen LogP contribution < -0.4 is 5.73 Å². The van der Waals surface area contributed by atoms with Crippen LogP contribution in [0.1, 0.15) is 11.9 Å². The van der Waals surface area contributed by atoms with E-state index in [1.165, 1.54) is 0 Å². The van der Waals surface area contributed by atoms with Crippen LogP contribution in [0.5, 0.6) is 0 Å². The summed E-state index contributed by atoms with van der Waals surface area (Å²) in [4.78, 5) is 0. The van der Waals surface area contributed by atoms with Crippen LogP contribution in [0.3, 0.4) is 0 Å². The van der Waals surface area contributed by atoms with Gasteiger partial charge in [0.1, 0.15) is 6.04 Å². The van der Waals surface area contributed by atoms with Gasteiger partial charge in [0.15, 0.2) is 0 Å². The standard InChI is InChI=1S/C10H11FN2O/c11-10(14-7-9(13)6-12)8-4-2-1-3-5-8/h1-5,9-10H,7,13H2. The topological polar surface area (TPSA) is 59.0 Å². The first-order valence-corrected chi connectivity index (χ1v) is 4.20. The Hall–Kier alpha value is -1.44. The molecule has 2 atom stereocenters. The van der Waals surface area contributed by atoms with Crippen LogP contribution in [-0.4, -0.2) is 12.6 Å². The van der Waals surface area contributed by atoms with Gasteiger partial charge in [-0.2, -0.15) is 5.26 Å². The summed E-state index contributed by atoms with van der Waals surface area (Å²) in [7, 11) is 0. The fourth-order valence-corrected chi connectivity index (χ4v) is 0.926. The molecule has 1 aromatic carbocycles. The molecule has 0 radical (unpaired) electrons.